The topological polar surface area (TPSA) is 107 Å². The summed E-state index contributed by atoms with van der Waals surface area (Å²) in [5.74, 6) is 0.254. The molecular formula is C37H40N2O7. The van der Waals surface area contributed by atoms with Crippen molar-refractivity contribution in [1.82, 2.24) is 4.90 Å². The van der Waals surface area contributed by atoms with Crippen LogP contribution in [0.1, 0.15) is 41.9 Å². The van der Waals surface area contributed by atoms with E-state index in [1.165, 1.54) is 12.0 Å². The Kier molecular flexibility index (Phi) is 11.6. The summed E-state index contributed by atoms with van der Waals surface area (Å²) in [4.78, 5) is 30.6. The van der Waals surface area contributed by atoms with Crippen LogP contribution in [0.5, 0.6) is 5.75 Å². The van der Waals surface area contributed by atoms with E-state index in [1.807, 2.05) is 84.9 Å². The summed E-state index contributed by atoms with van der Waals surface area (Å²) in [6, 6.07) is 32.2. The molecule has 9 nitrogen and oxygen atoms in total. The highest BCUT2D eigenvalue weighted by molar-refractivity contribution is 6.03. The summed E-state index contributed by atoms with van der Waals surface area (Å²) < 4.78 is 16.4. The van der Waals surface area contributed by atoms with Crippen molar-refractivity contribution in [3.63, 3.8) is 0 Å². The highest BCUT2D eigenvalue weighted by Gasteiger charge is 2.34. The van der Waals surface area contributed by atoms with Crippen LogP contribution >= 0.6 is 0 Å². The number of likely N-dealkylation sites (tertiary alicyclic amines) is 1. The number of fused-ring (bicyclic) bond motifs is 1. The number of carbonyl (C=O) groups excluding carboxylic acids is 1. The predicted octanol–water partition coefficient (Wildman–Crippen LogP) is 6.89. The summed E-state index contributed by atoms with van der Waals surface area (Å²) in [5.41, 5.74) is 3.76. The van der Waals surface area contributed by atoms with Gasteiger partial charge in [0.2, 0.25) is 6.61 Å². The zero-order valence-corrected chi connectivity index (χ0v) is 26.0. The van der Waals surface area contributed by atoms with E-state index in [0.717, 1.165) is 39.6 Å². The van der Waals surface area contributed by atoms with Gasteiger partial charge < -0.3 is 29.1 Å². The van der Waals surface area contributed by atoms with Gasteiger partial charge in [-0.3, -0.25) is 0 Å². The van der Waals surface area contributed by atoms with Crippen LogP contribution in [-0.4, -0.2) is 67.8 Å². The lowest BCUT2D eigenvalue weighted by atomic mass is 9.77. The number of amides is 1. The van der Waals surface area contributed by atoms with Gasteiger partial charge in [-0.15, -0.1) is 0 Å². The van der Waals surface area contributed by atoms with E-state index in [2.05, 4.69) is 17.3 Å². The van der Waals surface area contributed by atoms with Crippen molar-refractivity contribution in [3.05, 3.63) is 114 Å². The molecule has 4 aromatic rings. The number of benzene rings is 4. The van der Waals surface area contributed by atoms with Crippen LogP contribution in [0.3, 0.4) is 0 Å². The molecule has 0 bridgehead atoms. The van der Waals surface area contributed by atoms with Crippen LogP contribution < -0.4 is 4.74 Å². The molecular weight excluding hydrogens is 584 g/mol. The minimum absolute atomic E-state index is 0.0784. The Morgan fingerprint density at radius 1 is 0.913 bits per heavy atom. The number of hydrogen-bond acceptors (Lipinski definition) is 7. The van der Waals surface area contributed by atoms with Crippen molar-refractivity contribution >= 4 is 28.5 Å². The molecule has 240 valence electrons. The lowest BCUT2D eigenvalue weighted by Crippen LogP contribution is -2.43. The van der Waals surface area contributed by atoms with E-state index >= 15 is 0 Å². The Hall–Kier alpha value is -4.89. The van der Waals surface area contributed by atoms with Gasteiger partial charge in [-0.1, -0.05) is 84.0 Å². The van der Waals surface area contributed by atoms with Crippen molar-refractivity contribution < 1.29 is 33.7 Å². The molecule has 1 saturated heterocycles. The molecule has 5 rings (SSSR count). The van der Waals surface area contributed by atoms with E-state index in [9.17, 15) is 14.7 Å². The number of carbonyl (C=O) groups is 2. The lowest BCUT2D eigenvalue weighted by Gasteiger charge is -2.38. The third kappa shape index (κ3) is 9.08. The molecule has 0 radical (unpaired) electrons. The van der Waals surface area contributed by atoms with Crippen LogP contribution in [0.2, 0.25) is 0 Å². The minimum atomic E-state index is -0.939. The first-order valence-corrected chi connectivity index (χ1v) is 15.6. The zero-order chi connectivity index (χ0) is 32.1. The van der Waals surface area contributed by atoms with E-state index in [0.29, 0.717) is 51.5 Å². The maximum absolute atomic E-state index is 12.0. The van der Waals surface area contributed by atoms with Gasteiger partial charge >= 0.3 is 12.1 Å². The van der Waals surface area contributed by atoms with Crippen LogP contribution in [-0.2, 0) is 25.7 Å². The Balaban J connectivity index is 1.27. The molecule has 1 N–H and O–H groups in total. The van der Waals surface area contributed by atoms with E-state index < -0.39 is 12.1 Å². The molecule has 2 atom stereocenters. The lowest BCUT2D eigenvalue weighted by molar-refractivity contribution is -0.145. The SMILES string of the molecule is COC(=O)CO/N=C(/CC1CN(C(=O)O)CCC1c1ccc(OCCCOCc2ccccc2)cc1)c1ccc2ccccc2c1. The summed E-state index contributed by atoms with van der Waals surface area (Å²) >= 11 is 0. The van der Waals surface area contributed by atoms with Gasteiger partial charge in [0.15, 0.2) is 0 Å². The number of rotatable bonds is 14. The monoisotopic (exact) mass is 624 g/mol. The number of esters is 1. The fourth-order valence-corrected chi connectivity index (χ4v) is 5.82. The fraction of sp³-hybridized carbons (Fsp3) is 0.324. The fourth-order valence-electron chi connectivity index (χ4n) is 5.82. The summed E-state index contributed by atoms with van der Waals surface area (Å²) in [7, 11) is 1.30. The van der Waals surface area contributed by atoms with Crippen molar-refractivity contribution in [3.8, 4) is 5.75 Å². The number of nitrogens with zero attached hydrogens (tertiary/aromatic N) is 2. The van der Waals surface area contributed by atoms with Crippen molar-refractivity contribution in [1.29, 1.82) is 0 Å². The largest absolute Gasteiger partial charge is 0.494 e. The quantitative estimate of drug-likeness (QED) is 0.0705. The van der Waals surface area contributed by atoms with Gasteiger partial charge in [-0.25, -0.2) is 9.59 Å². The first kappa shape index (κ1) is 32.5. The highest BCUT2D eigenvalue weighted by atomic mass is 16.6. The number of oxime groups is 1. The van der Waals surface area contributed by atoms with Gasteiger partial charge in [0.05, 0.1) is 32.6 Å². The van der Waals surface area contributed by atoms with E-state index in [1.54, 1.807) is 0 Å². The maximum Gasteiger partial charge on any atom is 0.407 e. The molecule has 4 aromatic carbocycles. The van der Waals surface area contributed by atoms with Crippen LogP contribution in [0, 0.1) is 5.92 Å². The molecule has 0 aliphatic carbocycles. The van der Waals surface area contributed by atoms with E-state index in [4.69, 9.17) is 19.0 Å². The Bertz CT molecular complexity index is 1610. The number of methoxy groups -OCH3 is 1. The zero-order valence-electron chi connectivity index (χ0n) is 26.0. The first-order chi connectivity index (χ1) is 22.5. The second kappa shape index (κ2) is 16.4. The van der Waals surface area contributed by atoms with Gasteiger partial charge in [0, 0.05) is 19.5 Å². The molecule has 9 heteroatoms. The second-order valence-corrected chi connectivity index (χ2v) is 11.3. The Labute approximate surface area is 269 Å². The Morgan fingerprint density at radius 2 is 1.67 bits per heavy atom. The standard InChI is InChI=1S/C37H40N2O7/c1-43-36(40)26-46-38-35(31-13-12-28-10-5-6-11-30(28)22-31)23-32-24-39(37(41)42)19-18-34(32)29-14-16-33(17-15-29)45-21-7-20-44-25-27-8-3-2-4-9-27/h2-6,8-17,22,32,34H,7,18-21,23-26H2,1H3,(H,41,42)/b38-35-. The Morgan fingerprint density at radius 3 is 2.43 bits per heavy atom. The van der Waals surface area contributed by atoms with Crippen molar-refractivity contribution in [2.45, 2.75) is 31.8 Å². The summed E-state index contributed by atoms with van der Waals surface area (Å²) in [6.45, 7) is 2.22. The van der Waals surface area contributed by atoms with Crippen molar-refractivity contribution in [2.24, 2.45) is 11.1 Å². The molecule has 0 saturated carbocycles. The average molecular weight is 625 g/mol. The number of carboxylic acid groups (broad SMARTS) is 1. The summed E-state index contributed by atoms with van der Waals surface area (Å²) in [5, 5.41) is 16.4. The van der Waals surface area contributed by atoms with Crippen LogP contribution in [0.15, 0.2) is 102 Å². The third-order valence-corrected chi connectivity index (χ3v) is 8.25. The van der Waals surface area contributed by atoms with Crippen LogP contribution in [0.25, 0.3) is 10.8 Å². The second-order valence-electron chi connectivity index (χ2n) is 11.3. The van der Waals surface area contributed by atoms with Gasteiger partial charge in [-0.2, -0.15) is 0 Å². The molecule has 0 aromatic heterocycles. The maximum atomic E-state index is 12.0. The van der Waals surface area contributed by atoms with E-state index in [-0.39, 0.29) is 18.4 Å². The number of hydrogen-bond donors (Lipinski definition) is 1. The van der Waals surface area contributed by atoms with Crippen molar-refractivity contribution in [2.75, 3.05) is 40.0 Å². The highest BCUT2D eigenvalue weighted by Crippen LogP contribution is 2.37. The first-order valence-electron chi connectivity index (χ1n) is 15.6. The van der Waals surface area contributed by atoms with Gasteiger partial charge in [-0.05, 0) is 70.3 Å². The van der Waals surface area contributed by atoms with Gasteiger partial charge in [0.1, 0.15) is 5.75 Å². The third-order valence-electron chi connectivity index (χ3n) is 8.25. The molecule has 1 aliphatic rings. The number of piperidine rings is 1. The minimum Gasteiger partial charge on any atom is -0.494 e. The molecule has 46 heavy (non-hydrogen) atoms. The predicted molar refractivity (Wildman–Crippen MR) is 176 cm³/mol. The smallest absolute Gasteiger partial charge is 0.407 e. The number of ether oxygens (including phenoxy) is 3. The van der Waals surface area contributed by atoms with Gasteiger partial charge in [0.25, 0.3) is 0 Å². The van der Waals surface area contributed by atoms with Crippen LogP contribution in [0.4, 0.5) is 4.79 Å². The molecule has 2 unspecified atom stereocenters. The molecule has 1 fully saturated rings. The molecule has 1 heterocycles. The average Bonchev–Trinajstić information content (AvgIpc) is 3.09. The molecule has 1 amide bonds. The molecule has 1 aliphatic heterocycles. The summed E-state index contributed by atoms with van der Waals surface area (Å²) in [6.07, 6.45) is 0.962. The molecule has 0 spiro atoms. The normalized spacial score (nSPS) is 16.6.